The second kappa shape index (κ2) is 6.07. The number of carbonyl (C=O) groups excluding carboxylic acids is 1. The van der Waals surface area contributed by atoms with Crippen LogP contribution in [0.5, 0.6) is 0 Å². The maximum absolute atomic E-state index is 12.5. The molecule has 1 amide bonds. The topological polar surface area (TPSA) is 74.9 Å². The van der Waals surface area contributed by atoms with E-state index in [-0.39, 0.29) is 24.8 Å². The third-order valence-corrected chi connectivity index (χ3v) is 5.50. The van der Waals surface area contributed by atoms with Crippen molar-refractivity contribution in [2.45, 2.75) is 18.9 Å². The molecular weight excluding hydrogens is 310 g/mol. The van der Waals surface area contributed by atoms with Crippen LogP contribution in [0.2, 0.25) is 0 Å². The molecule has 0 aliphatic carbocycles. The zero-order chi connectivity index (χ0) is 14.8. The lowest BCUT2D eigenvalue weighted by atomic mass is 10.1. The normalized spacial score (nSPS) is 19.0. The number of imidazole rings is 1. The Kier molecular flexibility index (Phi) is 4.16. The van der Waals surface area contributed by atoms with Crippen molar-refractivity contribution in [3.8, 4) is 0 Å². The van der Waals surface area contributed by atoms with E-state index < -0.39 is 5.97 Å². The third kappa shape index (κ3) is 3.06. The summed E-state index contributed by atoms with van der Waals surface area (Å²) >= 11 is 3.21. The van der Waals surface area contributed by atoms with Crippen molar-refractivity contribution < 1.29 is 14.7 Å². The van der Waals surface area contributed by atoms with Crippen molar-refractivity contribution in [1.29, 1.82) is 0 Å². The maximum atomic E-state index is 12.5. The minimum atomic E-state index is -0.854. The van der Waals surface area contributed by atoms with E-state index in [0.717, 1.165) is 16.4 Å². The molecule has 1 aliphatic heterocycles. The minimum Gasteiger partial charge on any atom is -0.481 e. The van der Waals surface area contributed by atoms with E-state index in [2.05, 4.69) is 4.98 Å². The summed E-state index contributed by atoms with van der Waals surface area (Å²) in [5.74, 6) is 0.705. The van der Waals surface area contributed by atoms with Crippen molar-refractivity contribution in [3.05, 3.63) is 23.5 Å². The summed E-state index contributed by atoms with van der Waals surface area (Å²) in [6, 6.07) is -0.203. The highest BCUT2D eigenvalue weighted by atomic mass is 32.2. The van der Waals surface area contributed by atoms with Crippen LogP contribution in [0.3, 0.4) is 0 Å². The SMILES string of the molecule is O=C(O)CC1CSCCN1C(=O)Cc1csc2nccn12. The number of thiazole rings is 1. The van der Waals surface area contributed by atoms with E-state index in [0.29, 0.717) is 12.3 Å². The summed E-state index contributed by atoms with van der Waals surface area (Å²) in [7, 11) is 0. The van der Waals surface area contributed by atoms with Crippen LogP contribution in [0.4, 0.5) is 0 Å². The molecule has 0 saturated carbocycles. The molecule has 1 N–H and O–H groups in total. The number of rotatable bonds is 4. The highest BCUT2D eigenvalue weighted by molar-refractivity contribution is 7.99. The van der Waals surface area contributed by atoms with Gasteiger partial charge in [-0.3, -0.25) is 14.0 Å². The summed E-state index contributed by atoms with van der Waals surface area (Å²) < 4.78 is 1.91. The van der Waals surface area contributed by atoms with Gasteiger partial charge in [0.05, 0.1) is 18.9 Å². The first-order valence-corrected chi connectivity index (χ1v) is 8.67. The van der Waals surface area contributed by atoms with Crippen LogP contribution in [0.25, 0.3) is 4.96 Å². The van der Waals surface area contributed by atoms with Gasteiger partial charge in [0.15, 0.2) is 4.96 Å². The smallest absolute Gasteiger partial charge is 0.305 e. The predicted octanol–water partition coefficient (Wildman–Crippen LogP) is 1.36. The van der Waals surface area contributed by atoms with E-state index in [4.69, 9.17) is 5.11 Å². The molecule has 3 heterocycles. The number of fused-ring (bicyclic) bond motifs is 1. The van der Waals surface area contributed by atoms with Crippen LogP contribution >= 0.6 is 23.1 Å². The molecule has 0 spiro atoms. The Labute approximate surface area is 129 Å². The molecule has 112 valence electrons. The molecule has 21 heavy (non-hydrogen) atoms. The zero-order valence-electron chi connectivity index (χ0n) is 11.3. The monoisotopic (exact) mass is 325 g/mol. The number of aromatic nitrogens is 2. The third-order valence-electron chi connectivity index (χ3n) is 3.51. The molecule has 1 aliphatic rings. The summed E-state index contributed by atoms with van der Waals surface area (Å²) in [5.41, 5.74) is 0.907. The van der Waals surface area contributed by atoms with Gasteiger partial charge in [0.2, 0.25) is 5.91 Å². The number of thioether (sulfide) groups is 1. The number of carboxylic acids is 1. The van der Waals surface area contributed by atoms with E-state index in [9.17, 15) is 9.59 Å². The van der Waals surface area contributed by atoms with Crippen molar-refractivity contribution in [2.24, 2.45) is 0 Å². The Balaban J connectivity index is 1.73. The first-order valence-electron chi connectivity index (χ1n) is 6.63. The van der Waals surface area contributed by atoms with Crippen LogP contribution in [-0.2, 0) is 16.0 Å². The van der Waals surface area contributed by atoms with Gasteiger partial charge in [0.25, 0.3) is 0 Å². The number of aliphatic carboxylic acids is 1. The van der Waals surface area contributed by atoms with E-state index in [1.807, 2.05) is 16.0 Å². The molecule has 1 unspecified atom stereocenters. The van der Waals surface area contributed by atoms with Crippen LogP contribution < -0.4 is 0 Å². The molecular formula is C13H15N3O3S2. The Bertz CT molecular complexity index is 666. The van der Waals surface area contributed by atoms with Crippen LogP contribution in [-0.4, -0.2) is 55.4 Å². The van der Waals surface area contributed by atoms with Crippen molar-refractivity contribution in [2.75, 3.05) is 18.1 Å². The number of hydrogen-bond acceptors (Lipinski definition) is 5. The Morgan fingerprint density at radius 3 is 3.14 bits per heavy atom. The summed E-state index contributed by atoms with van der Waals surface area (Å²) in [4.78, 5) is 30.2. The van der Waals surface area contributed by atoms with Crippen molar-refractivity contribution in [1.82, 2.24) is 14.3 Å². The van der Waals surface area contributed by atoms with E-state index >= 15 is 0 Å². The first-order chi connectivity index (χ1) is 10.1. The highest BCUT2D eigenvalue weighted by Crippen LogP contribution is 2.21. The van der Waals surface area contributed by atoms with Gasteiger partial charge in [-0.2, -0.15) is 11.8 Å². The number of carbonyl (C=O) groups is 2. The molecule has 2 aromatic rings. The number of carboxylic acid groups (broad SMARTS) is 1. The molecule has 0 radical (unpaired) electrons. The fraction of sp³-hybridized carbons (Fsp3) is 0.462. The van der Waals surface area contributed by atoms with E-state index in [1.165, 1.54) is 11.3 Å². The zero-order valence-corrected chi connectivity index (χ0v) is 12.9. The summed E-state index contributed by atoms with van der Waals surface area (Å²) in [6.07, 6.45) is 3.86. The molecule has 0 bridgehead atoms. The van der Waals surface area contributed by atoms with Crippen LogP contribution in [0, 0.1) is 0 Å². The molecule has 6 nitrogen and oxygen atoms in total. The fourth-order valence-corrected chi connectivity index (χ4v) is 4.42. The second-order valence-corrected chi connectivity index (χ2v) is 6.88. The van der Waals surface area contributed by atoms with Crippen molar-refractivity contribution >= 4 is 39.9 Å². The van der Waals surface area contributed by atoms with Gasteiger partial charge in [-0.15, -0.1) is 11.3 Å². The Hall–Kier alpha value is -1.54. The van der Waals surface area contributed by atoms with Crippen LogP contribution in [0.1, 0.15) is 12.1 Å². The number of amides is 1. The maximum Gasteiger partial charge on any atom is 0.305 e. The van der Waals surface area contributed by atoms with Crippen LogP contribution in [0.15, 0.2) is 17.8 Å². The average Bonchev–Trinajstić information content (AvgIpc) is 3.03. The number of nitrogens with zero attached hydrogens (tertiary/aromatic N) is 3. The largest absolute Gasteiger partial charge is 0.481 e. The van der Waals surface area contributed by atoms with Gasteiger partial charge in [-0.1, -0.05) is 0 Å². The number of hydrogen-bond donors (Lipinski definition) is 1. The lowest BCUT2D eigenvalue weighted by molar-refractivity contribution is -0.140. The van der Waals surface area contributed by atoms with Crippen molar-refractivity contribution in [3.63, 3.8) is 0 Å². The summed E-state index contributed by atoms with van der Waals surface area (Å²) in [5, 5.41) is 10.9. The van der Waals surface area contributed by atoms with Gasteiger partial charge < -0.3 is 10.0 Å². The Morgan fingerprint density at radius 2 is 2.33 bits per heavy atom. The Morgan fingerprint density at radius 1 is 1.48 bits per heavy atom. The standard InChI is InChI=1S/C13H15N3O3S2/c17-11(5-9-8-21-13-14-1-2-16(9)13)15-3-4-20-7-10(15)6-12(18)19/h1-2,8,10H,3-7H2,(H,18,19). The quantitative estimate of drug-likeness (QED) is 0.918. The van der Waals surface area contributed by atoms with Gasteiger partial charge in [-0.25, -0.2) is 4.98 Å². The minimum absolute atomic E-state index is 0.00468. The molecule has 1 fully saturated rings. The lowest BCUT2D eigenvalue weighted by Gasteiger charge is -2.34. The molecule has 1 atom stereocenters. The van der Waals surface area contributed by atoms with Gasteiger partial charge in [0, 0.05) is 41.5 Å². The highest BCUT2D eigenvalue weighted by Gasteiger charge is 2.29. The summed E-state index contributed by atoms with van der Waals surface area (Å²) in [6.45, 7) is 0.624. The molecule has 0 aromatic carbocycles. The molecule has 3 rings (SSSR count). The first kappa shape index (κ1) is 14.4. The lowest BCUT2D eigenvalue weighted by Crippen LogP contribution is -2.47. The second-order valence-electron chi connectivity index (χ2n) is 4.90. The van der Waals surface area contributed by atoms with Gasteiger partial charge >= 0.3 is 5.97 Å². The predicted molar refractivity (Wildman–Crippen MR) is 81.9 cm³/mol. The van der Waals surface area contributed by atoms with Gasteiger partial charge in [0.1, 0.15) is 0 Å². The molecule has 2 aromatic heterocycles. The van der Waals surface area contributed by atoms with Gasteiger partial charge in [-0.05, 0) is 0 Å². The fourth-order valence-electron chi connectivity index (χ4n) is 2.51. The molecule has 8 heteroatoms. The van der Waals surface area contributed by atoms with E-state index in [1.54, 1.807) is 22.9 Å². The molecule has 1 saturated heterocycles. The average molecular weight is 325 g/mol.